The Labute approximate surface area is 99.1 Å². The Balaban J connectivity index is 2.52. The van der Waals surface area contributed by atoms with Gasteiger partial charge in [-0.2, -0.15) is 0 Å². The average molecular weight is 249 g/mol. The van der Waals surface area contributed by atoms with Gasteiger partial charge in [-0.3, -0.25) is 0 Å². The lowest BCUT2D eigenvalue weighted by molar-refractivity contribution is 0.411. The van der Waals surface area contributed by atoms with E-state index in [1.807, 2.05) is 0 Å². The van der Waals surface area contributed by atoms with Gasteiger partial charge < -0.3 is 5.11 Å². The van der Waals surface area contributed by atoms with Crippen molar-refractivity contribution >= 4 is 8.25 Å². The average Bonchev–Trinajstić information content (AvgIpc) is 2.30. The van der Waals surface area contributed by atoms with Gasteiger partial charge in [-0.05, 0) is 12.1 Å². The molecule has 1 unspecified atom stereocenters. The normalized spacial score (nSPS) is 11.0. The van der Waals surface area contributed by atoms with Crippen LogP contribution in [0.4, 0.5) is 0 Å². The molecular weight excluding hydrogens is 239 g/mol. The Hall–Kier alpha value is -1.90. The molecule has 0 aliphatic carbocycles. The second-order valence-electron chi connectivity index (χ2n) is 3.34. The fourth-order valence-corrected chi connectivity index (χ4v) is 1.88. The van der Waals surface area contributed by atoms with Crippen molar-refractivity contribution in [3.05, 3.63) is 48.5 Å². The van der Waals surface area contributed by atoms with Gasteiger partial charge in [-0.15, -0.1) is 4.89 Å². The van der Waals surface area contributed by atoms with Crippen LogP contribution < -0.4 is 4.52 Å². The fourth-order valence-electron chi connectivity index (χ4n) is 1.55. The lowest BCUT2D eigenvalue weighted by Gasteiger charge is -2.05. The minimum atomic E-state index is -2.72. The van der Waals surface area contributed by atoms with E-state index in [9.17, 15) is 9.67 Å². The summed E-state index contributed by atoms with van der Waals surface area (Å²) in [5.74, 6) is 0.356. The highest BCUT2D eigenvalue weighted by Gasteiger charge is 2.19. The van der Waals surface area contributed by atoms with Gasteiger partial charge in [0, 0.05) is 15.7 Å². The van der Waals surface area contributed by atoms with Crippen molar-refractivity contribution in [3.8, 4) is 22.6 Å². The SMILES string of the molecule is O=[P+](O)Oc1ccccc1-c1ccccc1O. The molecule has 0 spiro atoms. The Morgan fingerprint density at radius 2 is 1.53 bits per heavy atom. The molecule has 0 amide bonds. The molecule has 0 saturated carbocycles. The highest BCUT2D eigenvalue weighted by atomic mass is 31.1. The van der Waals surface area contributed by atoms with Crippen LogP contribution in [0.25, 0.3) is 11.1 Å². The van der Waals surface area contributed by atoms with E-state index >= 15 is 0 Å². The molecule has 2 aromatic rings. The summed E-state index contributed by atoms with van der Waals surface area (Å²) in [5, 5.41) is 9.73. The van der Waals surface area contributed by atoms with Gasteiger partial charge in [0.15, 0.2) is 5.75 Å². The molecule has 0 aromatic heterocycles. The van der Waals surface area contributed by atoms with Crippen LogP contribution in [0.2, 0.25) is 0 Å². The van der Waals surface area contributed by atoms with Crippen molar-refractivity contribution in [1.82, 2.24) is 0 Å². The molecule has 0 heterocycles. The second kappa shape index (κ2) is 4.95. The van der Waals surface area contributed by atoms with Gasteiger partial charge in [0.1, 0.15) is 5.75 Å². The summed E-state index contributed by atoms with van der Waals surface area (Å²) in [6.07, 6.45) is 0. The van der Waals surface area contributed by atoms with Gasteiger partial charge in [0.2, 0.25) is 0 Å². The number of phenols is 1. The number of rotatable bonds is 3. The van der Waals surface area contributed by atoms with Crippen LogP contribution in [-0.2, 0) is 4.57 Å². The first-order valence-electron chi connectivity index (χ1n) is 4.90. The highest BCUT2D eigenvalue weighted by molar-refractivity contribution is 7.32. The predicted molar refractivity (Wildman–Crippen MR) is 64.0 cm³/mol. The molecule has 4 nitrogen and oxygen atoms in total. The molecule has 0 saturated heterocycles. The minimum absolute atomic E-state index is 0.0942. The largest absolute Gasteiger partial charge is 0.747 e. The van der Waals surface area contributed by atoms with Crippen LogP contribution >= 0.6 is 8.25 Å². The number of aromatic hydroxyl groups is 1. The van der Waals surface area contributed by atoms with E-state index in [2.05, 4.69) is 0 Å². The summed E-state index contributed by atoms with van der Waals surface area (Å²) >= 11 is 0. The number of benzene rings is 2. The van der Waals surface area contributed by atoms with E-state index in [4.69, 9.17) is 9.42 Å². The summed E-state index contributed by atoms with van der Waals surface area (Å²) in [7, 11) is -2.72. The fraction of sp³-hybridized carbons (Fsp3) is 0. The molecule has 1 atom stereocenters. The molecule has 2 aromatic carbocycles. The molecule has 0 radical (unpaired) electrons. The Morgan fingerprint density at radius 1 is 0.941 bits per heavy atom. The zero-order valence-corrected chi connectivity index (χ0v) is 9.67. The zero-order valence-electron chi connectivity index (χ0n) is 8.78. The van der Waals surface area contributed by atoms with E-state index in [-0.39, 0.29) is 11.5 Å². The first-order valence-corrected chi connectivity index (χ1v) is 6.03. The van der Waals surface area contributed by atoms with Gasteiger partial charge >= 0.3 is 8.25 Å². The summed E-state index contributed by atoms with van der Waals surface area (Å²) in [4.78, 5) is 8.77. The van der Waals surface area contributed by atoms with Gasteiger partial charge in [0.25, 0.3) is 0 Å². The first-order chi connectivity index (χ1) is 8.18. The molecule has 17 heavy (non-hydrogen) atoms. The van der Waals surface area contributed by atoms with Gasteiger partial charge in [0.05, 0.1) is 0 Å². The van der Waals surface area contributed by atoms with Crippen molar-refractivity contribution in [2.45, 2.75) is 0 Å². The smallest absolute Gasteiger partial charge is 0.507 e. The zero-order chi connectivity index (χ0) is 12.3. The van der Waals surface area contributed by atoms with E-state index in [0.717, 1.165) is 0 Å². The van der Waals surface area contributed by atoms with Crippen LogP contribution in [0.15, 0.2) is 48.5 Å². The lowest BCUT2D eigenvalue weighted by atomic mass is 10.0. The van der Waals surface area contributed by atoms with E-state index in [1.54, 1.807) is 48.5 Å². The lowest BCUT2D eigenvalue weighted by Crippen LogP contribution is -1.86. The highest BCUT2D eigenvalue weighted by Crippen LogP contribution is 2.38. The third-order valence-electron chi connectivity index (χ3n) is 2.26. The molecular formula is C12H10O4P+. The predicted octanol–water partition coefficient (Wildman–Crippen LogP) is 3.09. The Bertz CT molecular complexity index is 554. The van der Waals surface area contributed by atoms with E-state index in [0.29, 0.717) is 11.1 Å². The maximum atomic E-state index is 10.7. The third kappa shape index (κ3) is 2.61. The molecule has 5 heteroatoms. The number of para-hydroxylation sites is 2. The summed E-state index contributed by atoms with van der Waals surface area (Å²) in [5.41, 5.74) is 1.13. The van der Waals surface area contributed by atoms with Crippen molar-refractivity contribution in [1.29, 1.82) is 0 Å². The molecule has 0 aliphatic heterocycles. The second-order valence-corrected chi connectivity index (χ2v) is 4.00. The van der Waals surface area contributed by atoms with Gasteiger partial charge in [-0.25, -0.2) is 4.52 Å². The van der Waals surface area contributed by atoms with E-state index < -0.39 is 8.25 Å². The van der Waals surface area contributed by atoms with Crippen LogP contribution in [0, 0.1) is 0 Å². The maximum Gasteiger partial charge on any atom is 0.747 e. The molecule has 0 aliphatic rings. The van der Waals surface area contributed by atoms with Crippen LogP contribution in [0.3, 0.4) is 0 Å². The standard InChI is InChI=1S/C12H9O4P/c13-11-7-3-1-5-9(11)10-6-2-4-8-12(10)16-17(14)15/h1-8H,(H-,13,14,15)/p+1. The van der Waals surface area contributed by atoms with Crippen molar-refractivity contribution in [2.75, 3.05) is 0 Å². The number of phenolic OH excluding ortho intramolecular Hbond substituents is 1. The quantitative estimate of drug-likeness (QED) is 0.820. The van der Waals surface area contributed by atoms with Crippen LogP contribution in [0.5, 0.6) is 11.5 Å². The van der Waals surface area contributed by atoms with Crippen molar-refractivity contribution < 1.29 is 19.1 Å². The summed E-state index contributed by atoms with van der Waals surface area (Å²) < 4.78 is 15.5. The number of hydrogen-bond acceptors (Lipinski definition) is 3. The van der Waals surface area contributed by atoms with Crippen LogP contribution in [0.1, 0.15) is 0 Å². The minimum Gasteiger partial charge on any atom is -0.507 e. The van der Waals surface area contributed by atoms with Crippen LogP contribution in [-0.4, -0.2) is 10.00 Å². The summed E-state index contributed by atoms with van der Waals surface area (Å²) in [6, 6.07) is 13.5. The maximum absolute atomic E-state index is 10.7. The Kier molecular flexibility index (Phi) is 3.38. The third-order valence-corrected chi connectivity index (χ3v) is 2.61. The van der Waals surface area contributed by atoms with Gasteiger partial charge in [-0.1, -0.05) is 36.4 Å². The molecule has 0 fully saturated rings. The molecule has 2 N–H and O–H groups in total. The summed E-state index contributed by atoms with van der Waals surface area (Å²) in [6.45, 7) is 0. The molecule has 86 valence electrons. The first kappa shape index (κ1) is 11.6. The Morgan fingerprint density at radius 3 is 2.18 bits per heavy atom. The molecule has 2 rings (SSSR count). The number of hydrogen-bond donors (Lipinski definition) is 2. The van der Waals surface area contributed by atoms with E-state index in [1.165, 1.54) is 0 Å². The van der Waals surface area contributed by atoms with Crippen molar-refractivity contribution in [3.63, 3.8) is 0 Å². The molecule has 0 bridgehead atoms. The topological polar surface area (TPSA) is 66.8 Å². The monoisotopic (exact) mass is 249 g/mol. The van der Waals surface area contributed by atoms with Crippen molar-refractivity contribution in [2.24, 2.45) is 0 Å².